The number of carbonyl (C=O) groups excluding carboxylic acids is 2. The third-order valence-electron chi connectivity index (χ3n) is 5.60. The molecular weight excluding hydrogens is 416 g/mol. The van der Waals surface area contributed by atoms with Crippen LogP contribution in [0.15, 0.2) is 29.6 Å². The Bertz CT molecular complexity index is 940. The van der Waals surface area contributed by atoms with Gasteiger partial charge in [-0.05, 0) is 54.5 Å². The quantitative estimate of drug-likeness (QED) is 0.563. The number of carbonyl (C=O) groups is 2. The minimum Gasteiger partial charge on any atom is -0.454 e. The van der Waals surface area contributed by atoms with Gasteiger partial charge in [0.25, 0.3) is 0 Å². The molecule has 166 valence electrons. The van der Waals surface area contributed by atoms with Gasteiger partial charge in [-0.3, -0.25) is 9.59 Å². The van der Waals surface area contributed by atoms with Gasteiger partial charge in [-0.1, -0.05) is 6.07 Å². The van der Waals surface area contributed by atoms with Crippen LogP contribution in [-0.2, 0) is 27.4 Å². The standard InChI is InChI=1S/C23H28N2O5S/c1-16-7-10-31-21(16)13-25(12-17-3-6-19-20(11-17)30-15-29-19)22(26)14-24(8-9-28-2)23(27)18-4-5-18/h3,6-7,10-11,18H,4-5,8-9,12-15H2,1-2H3. The molecule has 0 N–H and O–H groups in total. The molecule has 1 fully saturated rings. The summed E-state index contributed by atoms with van der Waals surface area (Å²) >= 11 is 1.64. The van der Waals surface area contributed by atoms with E-state index in [1.165, 1.54) is 5.56 Å². The Hall–Kier alpha value is -2.58. The first-order chi connectivity index (χ1) is 15.0. The summed E-state index contributed by atoms with van der Waals surface area (Å²) in [6.45, 7) is 4.11. The van der Waals surface area contributed by atoms with Crippen LogP contribution in [-0.4, -0.2) is 55.2 Å². The van der Waals surface area contributed by atoms with Crippen LogP contribution in [0.25, 0.3) is 0 Å². The predicted octanol–water partition coefficient (Wildman–Crippen LogP) is 3.20. The molecule has 2 amide bonds. The van der Waals surface area contributed by atoms with Gasteiger partial charge in [0, 0.05) is 31.0 Å². The van der Waals surface area contributed by atoms with Crippen molar-refractivity contribution in [3.63, 3.8) is 0 Å². The number of methoxy groups -OCH3 is 1. The Labute approximate surface area is 186 Å². The van der Waals surface area contributed by atoms with Crippen molar-refractivity contribution in [2.45, 2.75) is 32.9 Å². The van der Waals surface area contributed by atoms with Crippen LogP contribution in [0.1, 0.15) is 28.8 Å². The van der Waals surface area contributed by atoms with E-state index >= 15 is 0 Å². The Balaban J connectivity index is 1.51. The molecule has 1 aromatic heterocycles. The largest absolute Gasteiger partial charge is 0.454 e. The molecular formula is C23H28N2O5S. The van der Waals surface area contributed by atoms with E-state index in [0.717, 1.165) is 29.0 Å². The van der Waals surface area contributed by atoms with Gasteiger partial charge in [0.1, 0.15) is 0 Å². The first-order valence-corrected chi connectivity index (χ1v) is 11.4. The molecule has 31 heavy (non-hydrogen) atoms. The van der Waals surface area contributed by atoms with Crippen LogP contribution < -0.4 is 9.47 Å². The second kappa shape index (κ2) is 9.70. The molecule has 0 bridgehead atoms. The third kappa shape index (κ3) is 5.37. The Morgan fingerprint density at radius 1 is 1.13 bits per heavy atom. The Kier molecular flexibility index (Phi) is 6.77. The number of hydrogen-bond donors (Lipinski definition) is 0. The minimum atomic E-state index is -0.0735. The molecule has 0 unspecified atom stereocenters. The monoisotopic (exact) mass is 444 g/mol. The van der Waals surface area contributed by atoms with Gasteiger partial charge >= 0.3 is 0 Å². The lowest BCUT2D eigenvalue weighted by Gasteiger charge is -2.28. The SMILES string of the molecule is COCCN(CC(=O)N(Cc1ccc2c(c1)OCO2)Cc1sccc1C)C(=O)C1CC1. The fraction of sp³-hybridized carbons (Fsp3) is 0.478. The van der Waals surface area contributed by atoms with E-state index in [2.05, 4.69) is 13.0 Å². The summed E-state index contributed by atoms with van der Waals surface area (Å²) in [7, 11) is 1.60. The Morgan fingerprint density at radius 3 is 2.65 bits per heavy atom. The van der Waals surface area contributed by atoms with E-state index in [1.807, 2.05) is 28.5 Å². The molecule has 0 spiro atoms. The van der Waals surface area contributed by atoms with Crippen molar-refractivity contribution in [1.82, 2.24) is 9.80 Å². The zero-order valence-electron chi connectivity index (χ0n) is 18.0. The molecule has 0 radical (unpaired) electrons. The third-order valence-corrected chi connectivity index (χ3v) is 6.60. The maximum atomic E-state index is 13.4. The maximum absolute atomic E-state index is 13.4. The molecule has 1 aliphatic heterocycles. The van der Waals surface area contributed by atoms with Crippen LogP contribution >= 0.6 is 11.3 Å². The normalized spacial score (nSPS) is 14.5. The lowest BCUT2D eigenvalue weighted by atomic mass is 10.1. The molecule has 7 nitrogen and oxygen atoms in total. The topological polar surface area (TPSA) is 68.3 Å². The fourth-order valence-electron chi connectivity index (χ4n) is 3.55. The van der Waals surface area contributed by atoms with Crippen molar-refractivity contribution < 1.29 is 23.8 Å². The Morgan fingerprint density at radius 2 is 1.94 bits per heavy atom. The molecule has 0 atom stereocenters. The second-order valence-electron chi connectivity index (χ2n) is 7.99. The molecule has 2 aromatic rings. The number of ether oxygens (including phenoxy) is 3. The number of nitrogens with zero attached hydrogens (tertiary/aromatic N) is 2. The highest BCUT2D eigenvalue weighted by Crippen LogP contribution is 2.33. The molecule has 2 heterocycles. The number of rotatable bonds is 10. The molecule has 0 saturated heterocycles. The van der Waals surface area contributed by atoms with Crippen LogP contribution in [0, 0.1) is 12.8 Å². The van der Waals surface area contributed by atoms with Crippen LogP contribution in [0.3, 0.4) is 0 Å². The molecule has 4 rings (SSSR count). The minimum absolute atomic E-state index is 0.0562. The van der Waals surface area contributed by atoms with Gasteiger partial charge < -0.3 is 24.0 Å². The smallest absolute Gasteiger partial charge is 0.242 e. The number of aryl methyl sites for hydroxylation is 1. The van der Waals surface area contributed by atoms with Gasteiger partial charge in [-0.2, -0.15) is 0 Å². The van der Waals surface area contributed by atoms with Gasteiger partial charge in [-0.25, -0.2) is 0 Å². The highest BCUT2D eigenvalue weighted by atomic mass is 32.1. The molecule has 1 aliphatic carbocycles. The summed E-state index contributed by atoms with van der Waals surface area (Å²) in [5, 5.41) is 2.04. The first kappa shape index (κ1) is 21.6. The van der Waals surface area contributed by atoms with E-state index < -0.39 is 0 Å². The number of amides is 2. The van der Waals surface area contributed by atoms with Crippen LogP contribution in [0.5, 0.6) is 11.5 Å². The van der Waals surface area contributed by atoms with E-state index in [0.29, 0.717) is 32.0 Å². The van der Waals surface area contributed by atoms with Gasteiger partial charge in [0.15, 0.2) is 11.5 Å². The zero-order chi connectivity index (χ0) is 21.8. The van der Waals surface area contributed by atoms with Crippen molar-refractivity contribution in [2.24, 2.45) is 5.92 Å². The van der Waals surface area contributed by atoms with Crippen molar-refractivity contribution in [1.29, 1.82) is 0 Å². The summed E-state index contributed by atoms with van der Waals surface area (Å²) in [5.41, 5.74) is 2.13. The van der Waals surface area contributed by atoms with E-state index in [4.69, 9.17) is 14.2 Å². The van der Waals surface area contributed by atoms with E-state index in [1.54, 1.807) is 23.3 Å². The summed E-state index contributed by atoms with van der Waals surface area (Å²) in [6, 6.07) is 7.80. The average Bonchev–Trinajstić information content (AvgIpc) is 3.38. The second-order valence-corrected chi connectivity index (χ2v) is 8.99. The summed E-state index contributed by atoms with van der Waals surface area (Å²) < 4.78 is 16.0. The lowest BCUT2D eigenvalue weighted by Crippen LogP contribution is -2.44. The van der Waals surface area contributed by atoms with E-state index in [9.17, 15) is 9.59 Å². The van der Waals surface area contributed by atoms with Gasteiger partial charge in [-0.15, -0.1) is 11.3 Å². The maximum Gasteiger partial charge on any atom is 0.242 e. The van der Waals surface area contributed by atoms with Gasteiger partial charge in [0.05, 0.1) is 19.7 Å². The number of fused-ring (bicyclic) bond motifs is 1. The lowest BCUT2D eigenvalue weighted by molar-refractivity contribution is -0.142. The highest BCUT2D eigenvalue weighted by molar-refractivity contribution is 7.10. The molecule has 2 aliphatic rings. The molecule has 8 heteroatoms. The van der Waals surface area contributed by atoms with Crippen molar-refractivity contribution in [3.8, 4) is 11.5 Å². The van der Waals surface area contributed by atoms with Crippen LogP contribution in [0.4, 0.5) is 0 Å². The molecule has 1 saturated carbocycles. The number of hydrogen-bond acceptors (Lipinski definition) is 6. The fourth-order valence-corrected chi connectivity index (χ4v) is 4.47. The van der Waals surface area contributed by atoms with Gasteiger partial charge in [0.2, 0.25) is 18.6 Å². The van der Waals surface area contributed by atoms with Crippen molar-refractivity contribution in [2.75, 3.05) is 33.6 Å². The molecule has 1 aromatic carbocycles. The van der Waals surface area contributed by atoms with E-state index in [-0.39, 0.29) is 31.1 Å². The zero-order valence-corrected chi connectivity index (χ0v) is 18.8. The summed E-state index contributed by atoms with van der Waals surface area (Å²) in [5.74, 6) is 1.46. The van der Waals surface area contributed by atoms with Crippen molar-refractivity contribution >= 4 is 23.2 Å². The van der Waals surface area contributed by atoms with Crippen LogP contribution in [0.2, 0.25) is 0 Å². The number of benzene rings is 1. The highest BCUT2D eigenvalue weighted by Gasteiger charge is 2.34. The summed E-state index contributed by atoms with van der Waals surface area (Å²) in [6.07, 6.45) is 1.82. The van der Waals surface area contributed by atoms with Crippen molar-refractivity contribution in [3.05, 3.63) is 45.6 Å². The summed E-state index contributed by atoms with van der Waals surface area (Å²) in [4.78, 5) is 30.7. The predicted molar refractivity (Wildman–Crippen MR) is 117 cm³/mol. The first-order valence-electron chi connectivity index (χ1n) is 10.5. The number of thiophene rings is 1. The average molecular weight is 445 g/mol.